The largest absolute Gasteiger partial charge is 0.482 e. The average molecular weight is 502 g/mol. The maximum atomic E-state index is 12.2. The molecule has 0 saturated carbocycles. The zero-order valence-electron chi connectivity index (χ0n) is 17.0. The Hall–Kier alpha value is -3.33. The third kappa shape index (κ3) is 6.13. The van der Waals surface area contributed by atoms with Crippen LogP contribution in [0.5, 0.6) is 11.5 Å². The van der Waals surface area contributed by atoms with Gasteiger partial charge in [-0.1, -0.05) is 58.8 Å². The lowest BCUT2D eigenvalue weighted by atomic mass is 10.3. The Morgan fingerprint density at radius 2 is 1.39 bits per heavy atom. The lowest BCUT2D eigenvalue weighted by Gasteiger charge is -2.08. The molecular weight excluding hydrogens is 485 g/mol. The van der Waals surface area contributed by atoms with Gasteiger partial charge in [-0.3, -0.25) is 14.9 Å². The number of ether oxygens (including phenoxy) is 2. The van der Waals surface area contributed by atoms with Crippen molar-refractivity contribution < 1.29 is 19.1 Å². The Morgan fingerprint density at radius 1 is 0.818 bits per heavy atom. The predicted octanol–water partition coefficient (Wildman–Crippen LogP) is 5.64. The number of para-hydroxylation sites is 2. The highest BCUT2D eigenvalue weighted by molar-refractivity contribution is 7.22. The van der Waals surface area contributed by atoms with Gasteiger partial charge in [-0.15, -0.1) is 0 Å². The highest BCUT2D eigenvalue weighted by atomic mass is 35.5. The summed E-state index contributed by atoms with van der Waals surface area (Å²) in [6.07, 6.45) is 0. The molecule has 4 rings (SSSR count). The van der Waals surface area contributed by atoms with Crippen LogP contribution >= 0.6 is 34.5 Å². The monoisotopic (exact) mass is 501 g/mol. The number of benzene rings is 3. The summed E-state index contributed by atoms with van der Waals surface area (Å²) in [5.74, 6) is 0.173. The normalized spacial score (nSPS) is 10.6. The van der Waals surface area contributed by atoms with Gasteiger partial charge in [0.1, 0.15) is 11.5 Å². The number of hydrogen-bond acceptors (Lipinski definition) is 6. The van der Waals surface area contributed by atoms with Crippen molar-refractivity contribution in [3.05, 3.63) is 76.8 Å². The minimum absolute atomic E-state index is 0.183. The molecule has 0 radical (unpaired) electrons. The van der Waals surface area contributed by atoms with E-state index in [2.05, 4.69) is 15.6 Å². The van der Waals surface area contributed by atoms with E-state index >= 15 is 0 Å². The fourth-order valence-corrected chi connectivity index (χ4v) is 4.12. The number of carbonyl (C=O) groups is 2. The number of aromatic nitrogens is 1. The van der Waals surface area contributed by atoms with Gasteiger partial charge in [0.25, 0.3) is 11.8 Å². The zero-order chi connectivity index (χ0) is 23.2. The van der Waals surface area contributed by atoms with Gasteiger partial charge in [0, 0.05) is 5.69 Å². The molecule has 0 aliphatic rings. The van der Waals surface area contributed by atoms with E-state index in [4.69, 9.17) is 32.7 Å². The molecule has 0 bridgehead atoms. The van der Waals surface area contributed by atoms with Crippen LogP contribution < -0.4 is 20.1 Å². The quantitative estimate of drug-likeness (QED) is 0.326. The van der Waals surface area contributed by atoms with Gasteiger partial charge in [0.05, 0.1) is 20.3 Å². The second-order valence-corrected chi connectivity index (χ2v) is 8.58. The van der Waals surface area contributed by atoms with Gasteiger partial charge in [-0.05, 0) is 42.5 Å². The summed E-state index contributed by atoms with van der Waals surface area (Å²) < 4.78 is 11.7. The van der Waals surface area contributed by atoms with Gasteiger partial charge < -0.3 is 14.8 Å². The highest BCUT2D eigenvalue weighted by Gasteiger charge is 2.11. The van der Waals surface area contributed by atoms with Crippen LogP contribution in [0.3, 0.4) is 0 Å². The molecule has 0 spiro atoms. The number of fused-ring (bicyclic) bond motifs is 1. The summed E-state index contributed by atoms with van der Waals surface area (Å²) in [5, 5.41) is 6.76. The number of hydrogen-bond donors (Lipinski definition) is 2. The smallest absolute Gasteiger partial charge is 0.264 e. The second-order valence-electron chi connectivity index (χ2n) is 6.74. The molecule has 33 heavy (non-hydrogen) atoms. The number of rotatable bonds is 8. The highest BCUT2D eigenvalue weighted by Crippen LogP contribution is 2.29. The number of amides is 2. The number of anilines is 2. The van der Waals surface area contributed by atoms with Crippen molar-refractivity contribution >= 4 is 67.4 Å². The molecule has 3 aromatic carbocycles. The Bertz CT molecular complexity index is 1250. The lowest BCUT2D eigenvalue weighted by Crippen LogP contribution is -2.20. The van der Waals surface area contributed by atoms with Gasteiger partial charge in [-0.25, -0.2) is 4.98 Å². The maximum Gasteiger partial charge on any atom is 0.264 e. The molecule has 0 fully saturated rings. The van der Waals surface area contributed by atoms with Crippen molar-refractivity contribution in [2.24, 2.45) is 0 Å². The first-order valence-corrected chi connectivity index (χ1v) is 11.3. The molecular formula is C23H17Cl2N3O4S. The van der Waals surface area contributed by atoms with E-state index in [9.17, 15) is 9.59 Å². The lowest BCUT2D eigenvalue weighted by molar-refractivity contribution is -0.118. The van der Waals surface area contributed by atoms with E-state index in [1.54, 1.807) is 66.7 Å². The topological polar surface area (TPSA) is 89.5 Å². The molecule has 0 atom stereocenters. The number of nitrogens with one attached hydrogen (secondary N) is 2. The van der Waals surface area contributed by atoms with Crippen molar-refractivity contribution in [3.8, 4) is 11.5 Å². The Balaban J connectivity index is 1.33. The summed E-state index contributed by atoms with van der Waals surface area (Å²) in [6.45, 7) is -0.385. The number of thiazole rings is 1. The molecule has 2 amide bonds. The van der Waals surface area contributed by atoms with E-state index in [1.165, 1.54) is 11.3 Å². The van der Waals surface area contributed by atoms with E-state index in [1.807, 2.05) is 0 Å². The zero-order valence-corrected chi connectivity index (χ0v) is 19.3. The third-order valence-corrected chi connectivity index (χ3v) is 5.87. The van der Waals surface area contributed by atoms with Crippen LogP contribution in [0.25, 0.3) is 10.2 Å². The van der Waals surface area contributed by atoms with E-state index < -0.39 is 0 Å². The Kier molecular flexibility index (Phi) is 7.29. The number of nitrogens with zero attached hydrogens (tertiary/aromatic N) is 1. The van der Waals surface area contributed by atoms with Crippen LogP contribution in [0.1, 0.15) is 0 Å². The Labute approximate surface area is 203 Å². The molecule has 7 nitrogen and oxygen atoms in total. The second kappa shape index (κ2) is 10.5. The average Bonchev–Trinajstić information content (AvgIpc) is 3.19. The molecule has 1 heterocycles. The summed E-state index contributed by atoms with van der Waals surface area (Å²) in [6, 6.07) is 19.1. The standard InChI is InChI=1S/C23H17Cl2N3O4S/c24-15-5-1-3-7-18(15)31-12-21(29)26-14-9-10-17-20(11-14)33-23(27-17)28-22(30)13-32-19-8-4-2-6-16(19)25/h1-11H,12-13H2,(H,26,29)(H,27,28,30). The first kappa shape index (κ1) is 22.8. The van der Waals surface area contributed by atoms with Gasteiger partial charge in [0.2, 0.25) is 0 Å². The summed E-state index contributed by atoms with van der Waals surface area (Å²) in [5.41, 5.74) is 1.27. The van der Waals surface area contributed by atoms with Crippen LogP contribution in [0.15, 0.2) is 66.7 Å². The molecule has 0 unspecified atom stereocenters. The number of carbonyl (C=O) groups excluding carboxylic acids is 2. The van der Waals surface area contributed by atoms with Crippen molar-refractivity contribution in [1.82, 2.24) is 4.98 Å². The van der Waals surface area contributed by atoms with Crippen molar-refractivity contribution in [2.45, 2.75) is 0 Å². The van der Waals surface area contributed by atoms with Crippen LogP contribution in [0.4, 0.5) is 10.8 Å². The minimum Gasteiger partial charge on any atom is -0.482 e. The van der Waals surface area contributed by atoms with Crippen molar-refractivity contribution in [1.29, 1.82) is 0 Å². The third-order valence-electron chi connectivity index (χ3n) is 4.31. The van der Waals surface area contributed by atoms with E-state index in [0.29, 0.717) is 37.9 Å². The fourth-order valence-electron chi connectivity index (χ4n) is 2.82. The molecule has 168 valence electrons. The van der Waals surface area contributed by atoms with Crippen molar-refractivity contribution in [3.63, 3.8) is 0 Å². The molecule has 2 N–H and O–H groups in total. The van der Waals surface area contributed by atoms with Crippen LogP contribution in [-0.2, 0) is 9.59 Å². The molecule has 0 aliphatic carbocycles. The van der Waals surface area contributed by atoms with Crippen LogP contribution in [-0.4, -0.2) is 30.0 Å². The van der Waals surface area contributed by atoms with Crippen molar-refractivity contribution in [2.75, 3.05) is 23.8 Å². The van der Waals surface area contributed by atoms with Gasteiger partial charge in [0.15, 0.2) is 18.3 Å². The molecule has 10 heteroatoms. The van der Waals surface area contributed by atoms with Crippen LogP contribution in [0, 0.1) is 0 Å². The summed E-state index contributed by atoms with van der Waals surface area (Å²) in [4.78, 5) is 28.8. The first-order chi connectivity index (χ1) is 16.0. The predicted molar refractivity (Wildman–Crippen MR) is 131 cm³/mol. The van der Waals surface area contributed by atoms with Crippen LogP contribution in [0.2, 0.25) is 10.0 Å². The SMILES string of the molecule is O=C(COc1ccccc1Cl)Nc1ccc2nc(NC(=O)COc3ccccc3Cl)sc2c1. The Morgan fingerprint density at radius 3 is 2.00 bits per heavy atom. The molecule has 0 aliphatic heterocycles. The van der Waals surface area contributed by atoms with Gasteiger partial charge >= 0.3 is 0 Å². The summed E-state index contributed by atoms with van der Waals surface area (Å²) in [7, 11) is 0. The maximum absolute atomic E-state index is 12.2. The van der Waals surface area contributed by atoms with E-state index in [0.717, 1.165) is 4.70 Å². The minimum atomic E-state index is -0.362. The fraction of sp³-hybridized carbons (Fsp3) is 0.0870. The number of halogens is 2. The van der Waals surface area contributed by atoms with E-state index in [-0.39, 0.29) is 25.0 Å². The van der Waals surface area contributed by atoms with Gasteiger partial charge in [-0.2, -0.15) is 0 Å². The molecule has 0 saturated heterocycles. The molecule has 1 aromatic heterocycles. The first-order valence-electron chi connectivity index (χ1n) is 9.73. The molecule has 4 aromatic rings. The summed E-state index contributed by atoms with van der Waals surface area (Å²) >= 11 is 13.3.